The molecule has 716 valence electrons. The Bertz CT molecular complexity index is 7460. The number of fused-ring (bicyclic) bond motifs is 10. The molecule has 0 amide bonds. The number of hydrogen-bond donors (Lipinski definition) is 0. The topological polar surface area (TPSA) is 59.0 Å². The molecule has 0 spiro atoms. The molecule has 0 saturated carbocycles. The van der Waals surface area contributed by atoms with E-state index in [4.69, 9.17) is 17.7 Å². The van der Waals surface area contributed by atoms with Gasteiger partial charge in [-0.1, -0.05) is 377 Å². The fourth-order valence-corrected chi connectivity index (χ4v) is 21.2. The number of unbranched alkanes of at least 4 members (excludes halogenated alkanes) is 4. The van der Waals surface area contributed by atoms with Crippen molar-refractivity contribution >= 4 is 131 Å². The second-order valence-corrected chi connectivity index (χ2v) is 40.4. The van der Waals surface area contributed by atoms with E-state index in [1.807, 2.05) is 0 Å². The fourth-order valence-electron chi connectivity index (χ4n) is 20.0. The summed E-state index contributed by atoms with van der Waals surface area (Å²) in [6.07, 6.45) is 21.6. The molecule has 8 heteroatoms. The van der Waals surface area contributed by atoms with Gasteiger partial charge in [0.2, 0.25) is 0 Å². The van der Waals surface area contributed by atoms with Crippen molar-refractivity contribution in [2.24, 2.45) is 0 Å². The first kappa shape index (κ1) is 97.8. The van der Waals surface area contributed by atoms with Crippen molar-refractivity contribution in [3.8, 4) is 78.7 Å². The lowest BCUT2D eigenvalue weighted by molar-refractivity contribution is 0.630. The third-order valence-corrected chi connectivity index (χ3v) is 29.8. The summed E-state index contributed by atoms with van der Waals surface area (Å²) in [6, 6.07) is 134. The molecule has 0 unspecified atom stereocenters. The lowest BCUT2D eigenvalue weighted by Gasteiger charge is -2.26. The van der Waals surface area contributed by atoms with Crippen LogP contribution >= 0.6 is 31.9 Å². The van der Waals surface area contributed by atoms with Gasteiger partial charge >= 0.3 is 0 Å². The van der Waals surface area contributed by atoms with Crippen molar-refractivity contribution in [1.29, 1.82) is 0 Å². The Balaban J connectivity index is 0.000000172. The third kappa shape index (κ3) is 21.8. The summed E-state index contributed by atoms with van der Waals surface area (Å²) in [6.45, 7) is 22.1. The number of rotatable bonds is 33. The van der Waals surface area contributed by atoms with Crippen molar-refractivity contribution < 1.29 is 17.7 Å². The van der Waals surface area contributed by atoms with Crippen molar-refractivity contribution in [2.75, 3.05) is 9.80 Å². The van der Waals surface area contributed by atoms with Crippen LogP contribution in [0.3, 0.4) is 0 Å². The molecule has 0 radical (unpaired) electrons. The lowest BCUT2D eigenvalue weighted by atomic mass is 9.99. The van der Waals surface area contributed by atoms with Crippen LogP contribution in [0.5, 0.6) is 0 Å². The molecular weight excluding hydrogens is 1870 g/mol. The molecule has 4 aromatic heterocycles. The van der Waals surface area contributed by atoms with Crippen LogP contribution in [0.1, 0.15) is 186 Å². The van der Waals surface area contributed by atoms with Crippen LogP contribution in [0, 0.1) is 20.8 Å². The Morgan fingerprint density at radius 3 is 0.629 bits per heavy atom. The minimum atomic E-state index is 0.814. The summed E-state index contributed by atoms with van der Waals surface area (Å²) in [5.41, 5.74) is 37.1. The Hall–Kier alpha value is -14.0. The average molecular weight is 2000 g/mol. The highest BCUT2D eigenvalue weighted by Gasteiger charge is 2.31. The number of nitrogens with zero attached hydrogens (tertiary/aromatic N) is 2. The van der Waals surface area contributed by atoms with Gasteiger partial charge < -0.3 is 27.5 Å². The Kier molecular flexibility index (Phi) is 31.1. The summed E-state index contributed by atoms with van der Waals surface area (Å²) < 4.78 is 30.0. The van der Waals surface area contributed by atoms with Crippen LogP contribution in [0.15, 0.2) is 391 Å². The molecule has 143 heavy (non-hydrogen) atoms. The zero-order valence-electron chi connectivity index (χ0n) is 84.4. The standard InChI is InChI=1S/C78H74N2O2.C34H30Br2O2.C23H24/c1-7-11-15-57-25-33-63(34-26-57)75-73(79(65-41-17-53(5)18-42-65)67-45-37-61(38-46-67)59-29-21-55(13-9-3)22-30-59)71-51-49-70-69(77(71)81-75)50-52-72-74(76(82-78(70)72)64-35-27-58(28-36-64)16-12-8-2)80(66-43-19-54(6)20-44-66)68-47-39-62(40-48-68)60-31-23-56(14-10-4)24-32-60;1-3-5-7-21-9-13-23(14-10-21)31-29(35)27-19-17-26-25(33(27)37-31)18-20-28-30(36)32(38-34(26)28)24-15-11-22(12-16-24)8-6-4-2;1-3-4-19-9-13-22(14-10-19)23-15-11-21(12-16-23)17-20-7-5-18(2)6-8-20/h17-52H,7-16H2,1-6H3;9-20H,3-8H2,1-2H3;5-16H,3-4,17H2,1-2H3. The maximum atomic E-state index is 7.48. The fraction of sp³-hybridized carbons (Fsp3) is 0.215. The first-order valence-corrected chi connectivity index (χ1v) is 53.6. The number of aryl methyl sites for hydroxylation is 10. The van der Waals surface area contributed by atoms with E-state index in [-0.39, 0.29) is 0 Å². The SMILES string of the molecule is CCCCc1ccc(-c2oc3c(ccc4c3ccc3c(Br)c(-c5ccc(CCCC)cc5)oc34)c2Br)cc1.CCCCc1ccc(-c2oc3c(ccc4c3ccc3c(N(c5ccc(C)cc5)c5ccc(-c6ccc(CCC)cc6)cc5)c(-c5ccc(CCCC)cc5)oc34)c2N(c2ccc(C)cc2)c2ccc(-c3ccc(CCC)cc3)cc2)cc1.CCCc1ccc(-c2ccc(Cc3ccc(C)cc3)cc2)cc1. The summed E-state index contributed by atoms with van der Waals surface area (Å²) in [7, 11) is 0. The largest absolute Gasteiger partial charge is 0.454 e. The molecule has 21 rings (SSSR count). The van der Waals surface area contributed by atoms with Gasteiger partial charge in [0.25, 0.3) is 0 Å². The van der Waals surface area contributed by atoms with Crippen LogP contribution in [-0.4, -0.2) is 0 Å². The Labute approximate surface area is 861 Å². The van der Waals surface area contributed by atoms with Gasteiger partial charge in [-0.25, -0.2) is 0 Å². The Morgan fingerprint density at radius 2 is 0.371 bits per heavy atom. The van der Waals surface area contributed by atoms with E-state index < -0.39 is 0 Å². The molecule has 0 atom stereocenters. The van der Waals surface area contributed by atoms with Crippen LogP contribution in [0.2, 0.25) is 0 Å². The predicted octanol–water partition coefficient (Wildman–Crippen LogP) is 41.2. The molecule has 17 aromatic carbocycles. The quantitative estimate of drug-likeness (QED) is 0.0409. The normalized spacial score (nSPS) is 11.5. The van der Waals surface area contributed by atoms with Crippen LogP contribution in [0.4, 0.5) is 34.1 Å². The van der Waals surface area contributed by atoms with Gasteiger partial charge in [0.1, 0.15) is 45.2 Å². The first-order valence-electron chi connectivity index (χ1n) is 52.1. The minimum absolute atomic E-state index is 0.814. The first-order chi connectivity index (χ1) is 70.1. The molecule has 0 saturated heterocycles. The maximum absolute atomic E-state index is 7.48. The number of hydrogen-bond acceptors (Lipinski definition) is 6. The number of benzene rings is 17. The maximum Gasteiger partial charge on any atom is 0.159 e. The van der Waals surface area contributed by atoms with Gasteiger partial charge in [-0.3, -0.25) is 0 Å². The summed E-state index contributed by atoms with van der Waals surface area (Å²) in [4.78, 5) is 4.78. The second-order valence-electron chi connectivity index (χ2n) is 38.8. The minimum Gasteiger partial charge on any atom is -0.454 e. The highest BCUT2D eigenvalue weighted by molar-refractivity contribution is 9.11. The highest BCUT2D eigenvalue weighted by Crippen LogP contribution is 2.54. The highest BCUT2D eigenvalue weighted by atomic mass is 79.9. The summed E-state index contributed by atoms with van der Waals surface area (Å²) in [5, 5.41) is 8.23. The van der Waals surface area contributed by atoms with Crippen molar-refractivity contribution in [3.63, 3.8) is 0 Å². The van der Waals surface area contributed by atoms with E-state index in [9.17, 15) is 0 Å². The van der Waals surface area contributed by atoms with E-state index in [1.165, 1.54) is 132 Å². The van der Waals surface area contributed by atoms with Gasteiger partial charge in [-0.05, 0) is 310 Å². The van der Waals surface area contributed by atoms with Crippen molar-refractivity contribution in [3.05, 3.63) is 440 Å². The average Bonchev–Trinajstić information content (AvgIpc) is 1.57. The van der Waals surface area contributed by atoms with Gasteiger partial charge in [0.15, 0.2) is 11.5 Å². The zero-order valence-corrected chi connectivity index (χ0v) is 87.5. The van der Waals surface area contributed by atoms with Crippen LogP contribution in [-0.2, 0) is 51.4 Å². The molecule has 0 aliphatic rings. The smallest absolute Gasteiger partial charge is 0.159 e. The molecule has 0 aliphatic carbocycles. The van der Waals surface area contributed by atoms with E-state index >= 15 is 0 Å². The van der Waals surface area contributed by atoms with Gasteiger partial charge in [-0.2, -0.15) is 0 Å². The monoisotopic (exact) mass is 2000 g/mol. The lowest BCUT2D eigenvalue weighted by Crippen LogP contribution is -2.10. The molecule has 0 N–H and O–H groups in total. The molecule has 0 fully saturated rings. The molecule has 21 aromatic rings. The van der Waals surface area contributed by atoms with Crippen molar-refractivity contribution in [1.82, 2.24) is 0 Å². The van der Waals surface area contributed by atoms with Crippen LogP contribution < -0.4 is 9.80 Å². The molecule has 4 heterocycles. The van der Waals surface area contributed by atoms with E-state index in [0.29, 0.717) is 0 Å². The molecule has 0 bridgehead atoms. The molecule has 0 aliphatic heterocycles. The predicted molar refractivity (Wildman–Crippen MR) is 616 cm³/mol. The number of furan rings is 4. The third-order valence-electron chi connectivity index (χ3n) is 28.2. The number of anilines is 6. The Morgan fingerprint density at radius 1 is 0.182 bits per heavy atom. The van der Waals surface area contributed by atoms with Gasteiger partial charge in [0.05, 0.1) is 8.95 Å². The molecule has 6 nitrogen and oxygen atoms in total. The van der Waals surface area contributed by atoms with Crippen LogP contribution in [0.25, 0.3) is 144 Å². The van der Waals surface area contributed by atoms with Gasteiger partial charge in [0, 0.05) is 88.1 Å². The number of halogens is 2. The zero-order chi connectivity index (χ0) is 98.4. The van der Waals surface area contributed by atoms with E-state index in [1.54, 1.807) is 0 Å². The van der Waals surface area contributed by atoms with Gasteiger partial charge in [-0.15, -0.1) is 0 Å². The van der Waals surface area contributed by atoms with E-state index in [0.717, 1.165) is 244 Å². The van der Waals surface area contributed by atoms with E-state index in [2.05, 4.69) is 475 Å². The second kappa shape index (κ2) is 45.5. The van der Waals surface area contributed by atoms with Crippen molar-refractivity contribution in [2.45, 2.75) is 191 Å². The summed E-state index contributed by atoms with van der Waals surface area (Å²) >= 11 is 7.66. The summed E-state index contributed by atoms with van der Waals surface area (Å²) in [5.74, 6) is 3.35. The molecular formula is C135H128Br2N2O4.